The maximum absolute atomic E-state index is 14.9. The van der Waals surface area contributed by atoms with Crippen molar-refractivity contribution >= 4 is 16.9 Å². The highest BCUT2D eigenvalue weighted by molar-refractivity contribution is 5.83. The Balaban J connectivity index is 1.51. The van der Waals surface area contributed by atoms with E-state index < -0.39 is 5.97 Å². The zero-order chi connectivity index (χ0) is 22.7. The van der Waals surface area contributed by atoms with E-state index in [2.05, 4.69) is 18.2 Å². The van der Waals surface area contributed by atoms with E-state index in [4.69, 9.17) is 9.52 Å². The lowest BCUT2D eigenvalue weighted by atomic mass is 9.83. The van der Waals surface area contributed by atoms with Crippen LogP contribution in [0.3, 0.4) is 0 Å². The minimum absolute atomic E-state index is 0.0960. The fraction of sp³-hybridized carbons (Fsp3) is 0.250. The van der Waals surface area contributed by atoms with E-state index in [0.717, 1.165) is 23.0 Å². The zero-order valence-corrected chi connectivity index (χ0v) is 18.4. The van der Waals surface area contributed by atoms with Gasteiger partial charge in [-0.05, 0) is 71.7 Å². The zero-order valence-electron chi connectivity index (χ0n) is 18.4. The summed E-state index contributed by atoms with van der Waals surface area (Å²) in [4.78, 5) is 11.0. The number of fused-ring (bicyclic) bond motifs is 1. The molecule has 1 N–H and O–H groups in total. The van der Waals surface area contributed by atoms with E-state index in [-0.39, 0.29) is 17.7 Å². The molecule has 164 valence electrons. The fourth-order valence-corrected chi connectivity index (χ4v) is 4.06. The first-order valence-corrected chi connectivity index (χ1v) is 10.9. The Hall–Kier alpha value is -3.40. The van der Waals surface area contributed by atoms with Gasteiger partial charge in [-0.25, -0.2) is 4.39 Å². The van der Waals surface area contributed by atoms with Gasteiger partial charge in [0.05, 0.1) is 12.0 Å². The Labute approximate surface area is 187 Å². The Morgan fingerprint density at radius 2 is 1.69 bits per heavy atom. The van der Waals surface area contributed by atoms with Crippen LogP contribution in [0, 0.1) is 11.2 Å². The number of hydrogen-bond donors (Lipinski definition) is 1. The van der Waals surface area contributed by atoms with Crippen LogP contribution in [-0.4, -0.2) is 11.1 Å². The molecule has 4 heteroatoms. The molecular weight excluding hydrogens is 403 g/mol. The van der Waals surface area contributed by atoms with E-state index in [1.165, 1.54) is 17.2 Å². The number of carbonyl (C=O) groups is 1. The largest absolute Gasteiger partial charge is 0.481 e. The van der Waals surface area contributed by atoms with Crippen molar-refractivity contribution in [2.75, 3.05) is 0 Å². The molecule has 3 nitrogen and oxygen atoms in total. The quantitative estimate of drug-likeness (QED) is 0.320. The lowest BCUT2D eigenvalue weighted by Gasteiger charge is -2.22. The number of furan rings is 1. The third-order valence-corrected chi connectivity index (χ3v) is 5.85. The summed E-state index contributed by atoms with van der Waals surface area (Å²) in [5, 5.41) is 9.98. The number of halogens is 1. The van der Waals surface area contributed by atoms with Crippen LogP contribution in [0.4, 0.5) is 4.39 Å². The van der Waals surface area contributed by atoms with Gasteiger partial charge in [-0.2, -0.15) is 0 Å². The van der Waals surface area contributed by atoms with E-state index in [1.807, 2.05) is 56.3 Å². The van der Waals surface area contributed by atoms with Crippen molar-refractivity contribution in [1.82, 2.24) is 0 Å². The third kappa shape index (κ3) is 5.25. The molecule has 3 aromatic carbocycles. The van der Waals surface area contributed by atoms with Gasteiger partial charge in [-0.3, -0.25) is 4.79 Å². The van der Waals surface area contributed by atoms with E-state index in [0.29, 0.717) is 24.2 Å². The SMILES string of the molecule is CC(C)(CCc1ccc(-c2cc3cc(Cc4ccccc4)ccc3o2)c(F)c1)CC(=O)O. The van der Waals surface area contributed by atoms with Crippen LogP contribution in [0.15, 0.2) is 77.2 Å². The van der Waals surface area contributed by atoms with Gasteiger partial charge >= 0.3 is 5.97 Å². The first-order valence-electron chi connectivity index (χ1n) is 10.9. The summed E-state index contributed by atoms with van der Waals surface area (Å²) >= 11 is 0. The molecule has 0 spiro atoms. The predicted molar refractivity (Wildman–Crippen MR) is 125 cm³/mol. The average Bonchev–Trinajstić information content (AvgIpc) is 3.15. The van der Waals surface area contributed by atoms with Gasteiger partial charge in [0.2, 0.25) is 0 Å². The van der Waals surface area contributed by atoms with Crippen LogP contribution in [0.5, 0.6) is 0 Å². The van der Waals surface area contributed by atoms with Crippen molar-refractivity contribution in [3.05, 3.63) is 95.3 Å². The highest BCUT2D eigenvalue weighted by Gasteiger charge is 2.22. The molecule has 0 saturated heterocycles. The van der Waals surface area contributed by atoms with Crippen molar-refractivity contribution in [1.29, 1.82) is 0 Å². The Morgan fingerprint density at radius 3 is 2.41 bits per heavy atom. The molecule has 4 aromatic rings. The van der Waals surface area contributed by atoms with Crippen molar-refractivity contribution in [2.24, 2.45) is 5.41 Å². The average molecular weight is 431 g/mol. The number of aliphatic carboxylic acids is 1. The molecule has 1 heterocycles. The summed E-state index contributed by atoms with van der Waals surface area (Å²) in [7, 11) is 0. The Kier molecular flexibility index (Phi) is 6.13. The molecule has 0 aliphatic heterocycles. The molecule has 0 fully saturated rings. The molecule has 0 amide bonds. The normalized spacial score (nSPS) is 11.7. The van der Waals surface area contributed by atoms with Crippen molar-refractivity contribution in [2.45, 2.75) is 39.5 Å². The van der Waals surface area contributed by atoms with Crippen LogP contribution in [-0.2, 0) is 17.6 Å². The van der Waals surface area contributed by atoms with Crippen molar-refractivity contribution in [3.8, 4) is 11.3 Å². The van der Waals surface area contributed by atoms with E-state index in [1.54, 1.807) is 6.07 Å². The lowest BCUT2D eigenvalue weighted by Crippen LogP contribution is -2.17. The fourth-order valence-electron chi connectivity index (χ4n) is 4.06. The maximum Gasteiger partial charge on any atom is 0.303 e. The smallest absolute Gasteiger partial charge is 0.303 e. The number of aryl methyl sites for hydroxylation is 1. The summed E-state index contributed by atoms with van der Waals surface area (Å²) in [6.45, 7) is 3.85. The topological polar surface area (TPSA) is 50.4 Å². The summed E-state index contributed by atoms with van der Waals surface area (Å²) < 4.78 is 20.8. The van der Waals surface area contributed by atoms with Gasteiger partial charge in [0.1, 0.15) is 17.2 Å². The molecule has 0 saturated carbocycles. The minimum atomic E-state index is -0.812. The Bertz CT molecular complexity index is 1240. The second kappa shape index (κ2) is 8.99. The molecule has 0 unspecified atom stereocenters. The van der Waals surface area contributed by atoms with E-state index >= 15 is 0 Å². The number of benzene rings is 3. The van der Waals surface area contributed by atoms with Crippen LogP contribution >= 0.6 is 0 Å². The summed E-state index contributed by atoms with van der Waals surface area (Å²) in [5.41, 5.74) is 4.09. The first-order chi connectivity index (χ1) is 15.3. The third-order valence-electron chi connectivity index (χ3n) is 5.85. The first kappa shape index (κ1) is 21.8. The second-order valence-electron chi connectivity index (χ2n) is 9.19. The molecular formula is C28H27FO3. The van der Waals surface area contributed by atoms with Crippen LogP contribution in [0.1, 0.15) is 43.4 Å². The molecule has 0 aliphatic rings. The molecule has 1 aromatic heterocycles. The summed E-state index contributed by atoms with van der Waals surface area (Å²) in [5.74, 6) is -0.637. The number of carboxylic acids is 1. The molecule has 0 radical (unpaired) electrons. The van der Waals surface area contributed by atoms with Crippen molar-refractivity contribution < 1.29 is 18.7 Å². The molecule has 32 heavy (non-hydrogen) atoms. The standard InChI is InChI=1S/C28H27FO3/c1-28(2,18-27(30)31)13-12-20-8-10-23(24(29)16-20)26-17-22-15-21(9-11-25(22)32-26)14-19-6-4-3-5-7-19/h3-11,15-17H,12-14,18H2,1-2H3,(H,30,31). The van der Waals surface area contributed by atoms with Gasteiger partial charge in [0.15, 0.2) is 0 Å². The number of carboxylic acid groups (broad SMARTS) is 1. The molecule has 0 bridgehead atoms. The minimum Gasteiger partial charge on any atom is -0.481 e. The van der Waals surface area contributed by atoms with Gasteiger partial charge in [0.25, 0.3) is 0 Å². The van der Waals surface area contributed by atoms with Crippen LogP contribution < -0.4 is 0 Å². The van der Waals surface area contributed by atoms with Crippen LogP contribution in [0.2, 0.25) is 0 Å². The lowest BCUT2D eigenvalue weighted by molar-refractivity contribution is -0.139. The molecule has 4 rings (SSSR count). The molecule has 0 aliphatic carbocycles. The summed E-state index contributed by atoms with van der Waals surface area (Å²) in [6.07, 6.45) is 2.23. The van der Waals surface area contributed by atoms with Gasteiger partial charge in [-0.15, -0.1) is 0 Å². The predicted octanol–water partition coefficient (Wildman–Crippen LogP) is 7.26. The van der Waals surface area contributed by atoms with Gasteiger partial charge in [0, 0.05) is 5.39 Å². The van der Waals surface area contributed by atoms with Crippen molar-refractivity contribution in [3.63, 3.8) is 0 Å². The number of hydrogen-bond acceptors (Lipinski definition) is 2. The highest BCUT2D eigenvalue weighted by Crippen LogP contribution is 2.32. The van der Waals surface area contributed by atoms with Crippen LogP contribution in [0.25, 0.3) is 22.3 Å². The maximum atomic E-state index is 14.9. The van der Waals surface area contributed by atoms with Gasteiger partial charge in [-0.1, -0.05) is 56.3 Å². The van der Waals surface area contributed by atoms with Gasteiger partial charge < -0.3 is 9.52 Å². The Morgan fingerprint density at radius 1 is 0.938 bits per heavy atom. The monoisotopic (exact) mass is 430 g/mol. The molecule has 0 atom stereocenters. The summed E-state index contributed by atoms with van der Waals surface area (Å²) in [6, 6.07) is 23.4. The number of rotatable bonds is 8. The second-order valence-corrected chi connectivity index (χ2v) is 9.19. The highest BCUT2D eigenvalue weighted by atomic mass is 19.1. The van der Waals surface area contributed by atoms with E-state index in [9.17, 15) is 9.18 Å².